The van der Waals surface area contributed by atoms with Crippen molar-refractivity contribution in [3.63, 3.8) is 0 Å². The van der Waals surface area contributed by atoms with E-state index in [4.69, 9.17) is 0 Å². The summed E-state index contributed by atoms with van der Waals surface area (Å²) in [6.07, 6.45) is 2.06. The van der Waals surface area contributed by atoms with Crippen LogP contribution in [0.1, 0.15) is 37.0 Å². The van der Waals surface area contributed by atoms with Crippen molar-refractivity contribution in [2.75, 3.05) is 11.9 Å². The lowest BCUT2D eigenvalue weighted by Crippen LogP contribution is -2.52. The molecule has 193 valence electrons. The molecule has 0 heterocycles. The van der Waals surface area contributed by atoms with E-state index in [0.717, 1.165) is 35.2 Å². The fraction of sp³-hybridized carbons (Fsp3) is 0.300. The highest BCUT2D eigenvalue weighted by Crippen LogP contribution is 2.10. The number of hydrogen-bond acceptors (Lipinski definition) is 4. The second-order valence-electron chi connectivity index (χ2n) is 9.02. The Hall–Kier alpha value is -3.97. The molecule has 3 amide bonds. The van der Waals surface area contributed by atoms with Gasteiger partial charge in [-0.1, -0.05) is 66.7 Å². The highest BCUT2D eigenvalue weighted by Gasteiger charge is 2.22. The molecular formula is C30H35N4O3. The summed E-state index contributed by atoms with van der Waals surface area (Å²) in [5, 5.41) is 11.9. The molecule has 0 aliphatic carbocycles. The zero-order chi connectivity index (χ0) is 26.5. The second-order valence-corrected chi connectivity index (χ2v) is 9.02. The van der Waals surface area contributed by atoms with Gasteiger partial charge in [0.15, 0.2) is 0 Å². The maximum absolute atomic E-state index is 13.1. The largest absolute Gasteiger partial charge is 0.350 e. The van der Waals surface area contributed by atoms with Gasteiger partial charge < -0.3 is 21.3 Å². The Morgan fingerprint density at radius 1 is 0.811 bits per heavy atom. The molecule has 0 saturated carbocycles. The molecule has 4 N–H and O–H groups in total. The van der Waals surface area contributed by atoms with Gasteiger partial charge >= 0.3 is 0 Å². The van der Waals surface area contributed by atoms with E-state index in [1.54, 1.807) is 19.1 Å². The van der Waals surface area contributed by atoms with E-state index >= 15 is 0 Å². The van der Waals surface area contributed by atoms with Crippen molar-refractivity contribution in [1.29, 1.82) is 0 Å². The number of carbonyl (C=O) groups is 3. The molecule has 3 aromatic carbocycles. The fourth-order valence-electron chi connectivity index (χ4n) is 3.89. The summed E-state index contributed by atoms with van der Waals surface area (Å²) in [6.45, 7) is 4.16. The van der Waals surface area contributed by atoms with Crippen LogP contribution in [0.4, 0.5) is 5.69 Å². The van der Waals surface area contributed by atoms with E-state index in [-0.39, 0.29) is 17.7 Å². The van der Waals surface area contributed by atoms with Crippen LogP contribution in [0, 0.1) is 6.07 Å². The van der Waals surface area contributed by atoms with Crippen molar-refractivity contribution in [2.45, 2.75) is 51.7 Å². The van der Waals surface area contributed by atoms with Gasteiger partial charge in [0.25, 0.3) is 0 Å². The zero-order valence-corrected chi connectivity index (χ0v) is 21.4. The molecule has 0 aliphatic heterocycles. The number of nitrogens with one attached hydrogen (secondary N) is 4. The highest BCUT2D eigenvalue weighted by molar-refractivity contribution is 5.89. The monoisotopic (exact) mass is 499 g/mol. The number of rotatable bonds is 13. The Balaban J connectivity index is 1.54. The summed E-state index contributed by atoms with van der Waals surface area (Å²) in [7, 11) is 0. The van der Waals surface area contributed by atoms with Crippen LogP contribution in [-0.2, 0) is 33.8 Å². The Bertz CT molecular complexity index is 1130. The lowest BCUT2D eigenvalue weighted by molar-refractivity contribution is -0.129. The van der Waals surface area contributed by atoms with Crippen molar-refractivity contribution in [3.05, 3.63) is 102 Å². The number of amides is 3. The molecule has 0 saturated heterocycles. The summed E-state index contributed by atoms with van der Waals surface area (Å²) in [6, 6.07) is 26.9. The van der Waals surface area contributed by atoms with Gasteiger partial charge in [-0.3, -0.25) is 14.4 Å². The van der Waals surface area contributed by atoms with Gasteiger partial charge in [-0.05, 0) is 67.6 Å². The number of carbonyl (C=O) groups excluding carboxylic acids is 3. The first-order valence-electron chi connectivity index (χ1n) is 12.6. The third-order valence-electron chi connectivity index (χ3n) is 5.97. The third kappa shape index (κ3) is 9.89. The highest BCUT2D eigenvalue weighted by atomic mass is 16.2. The molecule has 7 heteroatoms. The number of benzene rings is 3. The van der Waals surface area contributed by atoms with Crippen molar-refractivity contribution in [1.82, 2.24) is 16.0 Å². The molecule has 37 heavy (non-hydrogen) atoms. The average molecular weight is 500 g/mol. The molecule has 3 aromatic rings. The predicted octanol–water partition coefficient (Wildman–Crippen LogP) is 3.40. The first-order valence-corrected chi connectivity index (χ1v) is 12.6. The van der Waals surface area contributed by atoms with E-state index in [1.807, 2.05) is 66.7 Å². The molecule has 0 aliphatic rings. The van der Waals surface area contributed by atoms with Crippen LogP contribution < -0.4 is 21.3 Å². The molecule has 0 unspecified atom stereocenters. The molecule has 2 atom stereocenters. The SMILES string of the molecule is CC(=O)Nc1ccc(CCN[C@H](CCc2ccccc2)C(=O)N[C@@H](C)C(=O)NCc2cc[c]cc2)cc1. The molecule has 0 bridgehead atoms. The van der Waals surface area contributed by atoms with Crippen LogP contribution in [0.2, 0.25) is 0 Å². The molecular weight excluding hydrogens is 464 g/mol. The Kier molecular flexibility index (Phi) is 10.9. The minimum Gasteiger partial charge on any atom is -0.350 e. The van der Waals surface area contributed by atoms with Gasteiger partial charge in [0, 0.05) is 19.2 Å². The van der Waals surface area contributed by atoms with Crippen molar-refractivity contribution in [2.24, 2.45) is 0 Å². The van der Waals surface area contributed by atoms with Gasteiger partial charge in [-0.25, -0.2) is 0 Å². The van der Waals surface area contributed by atoms with Crippen molar-refractivity contribution < 1.29 is 14.4 Å². The van der Waals surface area contributed by atoms with Gasteiger partial charge in [0.2, 0.25) is 17.7 Å². The average Bonchev–Trinajstić information content (AvgIpc) is 2.91. The second kappa shape index (κ2) is 14.6. The zero-order valence-electron chi connectivity index (χ0n) is 21.4. The minimum atomic E-state index is -0.662. The van der Waals surface area contributed by atoms with Crippen LogP contribution in [0.15, 0.2) is 78.9 Å². The number of anilines is 1. The third-order valence-corrected chi connectivity index (χ3v) is 5.97. The summed E-state index contributed by atoms with van der Waals surface area (Å²) in [4.78, 5) is 36.9. The Morgan fingerprint density at radius 3 is 2.16 bits per heavy atom. The molecule has 7 nitrogen and oxygen atoms in total. The quantitative estimate of drug-likeness (QED) is 0.290. The van der Waals surface area contributed by atoms with E-state index in [1.165, 1.54) is 6.92 Å². The van der Waals surface area contributed by atoms with E-state index in [9.17, 15) is 14.4 Å². The molecule has 1 radical (unpaired) electrons. The Labute approximate surface area is 219 Å². The van der Waals surface area contributed by atoms with Crippen LogP contribution in [0.3, 0.4) is 0 Å². The molecule has 3 rings (SSSR count). The van der Waals surface area contributed by atoms with Gasteiger partial charge in [0.1, 0.15) is 6.04 Å². The normalized spacial score (nSPS) is 12.3. The van der Waals surface area contributed by atoms with Crippen molar-refractivity contribution >= 4 is 23.4 Å². The summed E-state index contributed by atoms with van der Waals surface area (Å²) >= 11 is 0. The standard InChI is InChI=1S/C30H35N4O3/c1-22(29(36)32-21-26-11-7-4-8-12-26)33-30(37)28(18-15-24-9-5-3-6-10-24)31-20-19-25-13-16-27(17-14-25)34-23(2)35/h3,5-14,16-17,22,28,31H,15,18-21H2,1-2H3,(H,32,36)(H,33,37)(H,34,35)/t22-,28+/m0/s1. The maximum Gasteiger partial charge on any atom is 0.242 e. The fourth-order valence-corrected chi connectivity index (χ4v) is 3.89. The van der Waals surface area contributed by atoms with Crippen LogP contribution in [0.25, 0.3) is 0 Å². The van der Waals surface area contributed by atoms with Crippen LogP contribution >= 0.6 is 0 Å². The molecule has 0 fully saturated rings. The van der Waals surface area contributed by atoms with Gasteiger partial charge in [-0.2, -0.15) is 0 Å². The van der Waals surface area contributed by atoms with Crippen LogP contribution in [-0.4, -0.2) is 36.3 Å². The first-order chi connectivity index (χ1) is 17.9. The first kappa shape index (κ1) is 27.6. The predicted molar refractivity (Wildman–Crippen MR) is 146 cm³/mol. The lowest BCUT2D eigenvalue weighted by Gasteiger charge is -2.21. The summed E-state index contributed by atoms with van der Waals surface area (Å²) in [5.41, 5.74) is 3.97. The number of hydrogen-bond donors (Lipinski definition) is 4. The Morgan fingerprint density at radius 2 is 1.49 bits per heavy atom. The van der Waals surface area contributed by atoms with Crippen LogP contribution in [0.5, 0.6) is 0 Å². The summed E-state index contributed by atoms with van der Waals surface area (Å²) in [5.74, 6) is -0.542. The molecule has 0 aromatic heterocycles. The van der Waals surface area contributed by atoms with Gasteiger partial charge in [0.05, 0.1) is 6.04 Å². The molecule has 0 spiro atoms. The topological polar surface area (TPSA) is 99.3 Å². The van der Waals surface area contributed by atoms with Gasteiger partial charge in [-0.15, -0.1) is 0 Å². The lowest BCUT2D eigenvalue weighted by atomic mass is 10.0. The van der Waals surface area contributed by atoms with Crippen molar-refractivity contribution in [3.8, 4) is 0 Å². The maximum atomic E-state index is 13.1. The van der Waals surface area contributed by atoms with E-state index in [2.05, 4.69) is 27.3 Å². The smallest absolute Gasteiger partial charge is 0.242 e. The van der Waals surface area contributed by atoms with E-state index in [0.29, 0.717) is 19.5 Å². The number of aryl methyl sites for hydroxylation is 1. The van der Waals surface area contributed by atoms with E-state index < -0.39 is 12.1 Å². The summed E-state index contributed by atoms with van der Waals surface area (Å²) < 4.78 is 0. The minimum absolute atomic E-state index is 0.108.